The average molecular weight is 268 g/mol. The van der Waals surface area contributed by atoms with Crippen LogP contribution < -0.4 is 0 Å². The number of hydrogen-bond acceptors (Lipinski definition) is 3. The molecule has 6 atom stereocenters. The van der Waals surface area contributed by atoms with E-state index in [0.29, 0.717) is 12.5 Å². The van der Waals surface area contributed by atoms with Crippen LogP contribution in [0.4, 0.5) is 0 Å². The fourth-order valence-electron chi connectivity index (χ4n) is 5.79. The summed E-state index contributed by atoms with van der Waals surface area (Å²) in [6, 6.07) is 0. The van der Waals surface area contributed by atoms with Crippen LogP contribution in [0, 0.1) is 22.7 Å². The van der Waals surface area contributed by atoms with Crippen LogP contribution in [-0.2, 0) is 4.74 Å². The second kappa shape index (κ2) is 3.96. The van der Waals surface area contributed by atoms with E-state index in [4.69, 9.17) is 4.74 Å². The number of fused-ring (bicyclic) bond motifs is 3. The third-order valence-corrected chi connectivity index (χ3v) is 6.70. The summed E-state index contributed by atoms with van der Waals surface area (Å²) in [5, 5.41) is 21.2. The van der Waals surface area contributed by atoms with Crippen molar-refractivity contribution in [3.63, 3.8) is 0 Å². The average Bonchev–Trinajstić information content (AvgIpc) is 2.62. The molecular formula is C16H28O3. The fraction of sp³-hybridized carbons (Fsp3) is 1.00. The predicted octanol–water partition coefficient (Wildman–Crippen LogP) is 2.35. The lowest BCUT2D eigenvalue weighted by molar-refractivity contribution is -0.205. The Morgan fingerprint density at radius 1 is 1.00 bits per heavy atom. The molecule has 6 unspecified atom stereocenters. The fourth-order valence-corrected chi connectivity index (χ4v) is 5.79. The van der Waals surface area contributed by atoms with Gasteiger partial charge in [0, 0.05) is 11.3 Å². The Morgan fingerprint density at radius 3 is 2.37 bits per heavy atom. The summed E-state index contributed by atoms with van der Waals surface area (Å²) in [6.45, 7) is 9.41. The molecule has 1 heterocycles. The van der Waals surface area contributed by atoms with Gasteiger partial charge in [-0.2, -0.15) is 0 Å². The van der Waals surface area contributed by atoms with Crippen LogP contribution in [0.2, 0.25) is 0 Å². The quantitative estimate of drug-likeness (QED) is 0.709. The molecule has 3 nitrogen and oxygen atoms in total. The van der Waals surface area contributed by atoms with Gasteiger partial charge < -0.3 is 14.9 Å². The first-order valence-corrected chi connectivity index (χ1v) is 7.72. The molecule has 0 spiro atoms. The largest absolute Gasteiger partial charge is 0.393 e. The van der Waals surface area contributed by atoms with Crippen molar-refractivity contribution in [2.75, 3.05) is 6.61 Å². The Labute approximate surface area is 116 Å². The Balaban J connectivity index is 2.06. The van der Waals surface area contributed by atoms with Crippen molar-refractivity contribution in [3.05, 3.63) is 0 Å². The molecular weight excluding hydrogens is 240 g/mol. The van der Waals surface area contributed by atoms with Gasteiger partial charge in [0.05, 0.1) is 24.4 Å². The van der Waals surface area contributed by atoms with Crippen molar-refractivity contribution in [1.82, 2.24) is 0 Å². The van der Waals surface area contributed by atoms with E-state index >= 15 is 0 Å². The molecule has 0 aromatic rings. The molecule has 3 heteroatoms. The minimum Gasteiger partial charge on any atom is -0.393 e. The maximum atomic E-state index is 10.7. The number of aliphatic hydroxyl groups excluding tert-OH is 2. The topological polar surface area (TPSA) is 49.7 Å². The molecule has 1 saturated heterocycles. The number of rotatable bonds is 0. The van der Waals surface area contributed by atoms with E-state index in [2.05, 4.69) is 27.7 Å². The monoisotopic (exact) mass is 268 g/mol. The summed E-state index contributed by atoms with van der Waals surface area (Å²) in [5.41, 5.74) is -0.221. The van der Waals surface area contributed by atoms with Crippen LogP contribution in [0.15, 0.2) is 0 Å². The third-order valence-electron chi connectivity index (χ3n) is 6.70. The molecule has 1 aliphatic heterocycles. The van der Waals surface area contributed by atoms with E-state index < -0.39 is 6.10 Å². The van der Waals surface area contributed by atoms with E-state index in [1.165, 1.54) is 0 Å². The van der Waals surface area contributed by atoms with E-state index in [9.17, 15) is 10.2 Å². The Kier molecular flexibility index (Phi) is 2.88. The smallest absolute Gasteiger partial charge is 0.0835 e. The molecule has 0 amide bonds. The molecule has 0 bridgehead atoms. The van der Waals surface area contributed by atoms with Gasteiger partial charge in [-0.05, 0) is 43.9 Å². The predicted molar refractivity (Wildman–Crippen MR) is 73.7 cm³/mol. The van der Waals surface area contributed by atoms with Gasteiger partial charge in [0.15, 0.2) is 0 Å². The molecule has 3 fully saturated rings. The van der Waals surface area contributed by atoms with Gasteiger partial charge in [-0.1, -0.05) is 20.8 Å². The zero-order valence-electron chi connectivity index (χ0n) is 12.6. The summed E-state index contributed by atoms with van der Waals surface area (Å²) >= 11 is 0. The standard InChI is InChI=1S/C16H28O3/c1-14(2)7-6-12(18)16(4)11(14)5-8-15(3)13(16)10(17)9-19-15/h10-13,17-18H,5-9H2,1-4H3. The molecule has 110 valence electrons. The zero-order chi connectivity index (χ0) is 14.1. The first kappa shape index (κ1) is 13.8. The van der Waals surface area contributed by atoms with Crippen molar-refractivity contribution >= 4 is 0 Å². The summed E-state index contributed by atoms with van der Waals surface area (Å²) in [4.78, 5) is 0. The van der Waals surface area contributed by atoms with E-state index in [1.54, 1.807) is 0 Å². The van der Waals surface area contributed by atoms with Crippen LogP contribution in [0.25, 0.3) is 0 Å². The maximum Gasteiger partial charge on any atom is 0.0835 e. The van der Waals surface area contributed by atoms with Gasteiger partial charge in [-0.15, -0.1) is 0 Å². The molecule has 2 saturated carbocycles. The van der Waals surface area contributed by atoms with Gasteiger partial charge in [0.2, 0.25) is 0 Å². The first-order chi connectivity index (χ1) is 8.72. The minimum absolute atomic E-state index is 0.0633. The summed E-state index contributed by atoms with van der Waals surface area (Å²) < 4.78 is 5.93. The molecule has 3 rings (SSSR count). The lowest BCUT2D eigenvalue weighted by atomic mass is 9.44. The van der Waals surface area contributed by atoms with Crippen LogP contribution in [0.3, 0.4) is 0 Å². The van der Waals surface area contributed by atoms with Crippen molar-refractivity contribution in [2.45, 2.75) is 71.2 Å². The van der Waals surface area contributed by atoms with Crippen molar-refractivity contribution in [1.29, 1.82) is 0 Å². The van der Waals surface area contributed by atoms with Gasteiger partial charge in [0.25, 0.3) is 0 Å². The van der Waals surface area contributed by atoms with Crippen LogP contribution in [0.5, 0.6) is 0 Å². The van der Waals surface area contributed by atoms with Gasteiger partial charge in [-0.3, -0.25) is 0 Å². The number of aliphatic hydroxyl groups is 2. The molecule has 2 aliphatic carbocycles. The first-order valence-electron chi connectivity index (χ1n) is 7.72. The molecule has 0 aromatic carbocycles. The molecule has 19 heavy (non-hydrogen) atoms. The minimum atomic E-state index is -0.429. The van der Waals surface area contributed by atoms with Crippen molar-refractivity contribution < 1.29 is 14.9 Å². The molecule has 0 radical (unpaired) electrons. The highest BCUT2D eigenvalue weighted by Crippen LogP contribution is 2.64. The summed E-state index contributed by atoms with van der Waals surface area (Å²) in [6.07, 6.45) is 3.28. The number of ether oxygens (including phenoxy) is 1. The van der Waals surface area contributed by atoms with E-state index in [1.807, 2.05) is 0 Å². The highest BCUT2D eigenvalue weighted by atomic mass is 16.5. The van der Waals surface area contributed by atoms with Crippen molar-refractivity contribution in [3.8, 4) is 0 Å². The second-order valence-corrected chi connectivity index (χ2v) is 8.17. The second-order valence-electron chi connectivity index (χ2n) is 8.17. The van der Waals surface area contributed by atoms with E-state index in [-0.39, 0.29) is 28.5 Å². The zero-order valence-corrected chi connectivity index (χ0v) is 12.6. The Bertz CT molecular complexity index is 380. The van der Waals surface area contributed by atoms with Gasteiger partial charge in [-0.25, -0.2) is 0 Å². The Morgan fingerprint density at radius 2 is 1.68 bits per heavy atom. The van der Waals surface area contributed by atoms with Crippen LogP contribution >= 0.6 is 0 Å². The Hall–Kier alpha value is -0.120. The number of hydrogen-bond donors (Lipinski definition) is 2. The highest BCUT2D eigenvalue weighted by molar-refractivity contribution is 5.14. The van der Waals surface area contributed by atoms with E-state index in [0.717, 1.165) is 25.7 Å². The summed E-state index contributed by atoms with van der Waals surface area (Å²) in [7, 11) is 0. The molecule has 2 N–H and O–H groups in total. The van der Waals surface area contributed by atoms with Gasteiger partial charge >= 0.3 is 0 Å². The maximum absolute atomic E-state index is 10.7. The highest BCUT2D eigenvalue weighted by Gasteiger charge is 2.66. The lowest BCUT2D eigenvalue weighted by Gasteiger charge is -2.62. The third kappa shape index (κ3) is 1.68. The molecule has 0 aromatic heterocycles. The van der Waals surface area contributed by atoms with Crippen LogP contribution in [0.1, 0.15) is 53.4 Å². The summed E-state index contributed by atoms with van der Waals surface area (Å²) in [5.74, 6) is 0.534. The SMILES string of the molecule is CC1(C)CCC(O)C2(C)C1CCC1(C)OCC(O)C12. The van der Waals surface area contributed by atoms with Gasteiger partial charge in [0.1, 0.15) is 0 Å². The normalized spacial score (nSPS) is 56.5. The lowest BCUT2D eigenvalue weighted by Crippen LogP contribution is -2.63. The molecule has 3 aliphatic rings. The van der Waals surface area contributed by atoms with Crippen molar-refractivity contribution in [2.24, 2.45) is 22.7 Å². The van der Waals surface area contributed by atoms with Crippen LogP contribution in [-0.4, -0.2) is 34.6 Å².